The van der Waals surface area contributed by atoms with Gasteiger partial charge >= 0.3 is 12.1 Å². The summed E-state index contributed by atoms with van der Waals surface area (Å²) >= 11 is 0. The van der Waals surface area contributed by atoms with Gasteiger partial charge in [0.2, 0.25) is 0 Å². The molecule has 0 aliphatic carbocycles. The average Bonchev–Trinajstić information content (AvgIpc) is 2.77. The van der Waals surface area contributed by atoms with E-state index in [0.717, 1.165) is 0 Å². The van der Waals surface area contributed by atoms with Crippen LogP contribution in [0, 0.1) is 0 Å². The molecule has 0 radical (unpaired) electrons. The minimum atomic E-state index is -4.33. The summed E-state index contributed by atoms with van der Waals surface area (Å²) in [6, 6.07) is 12.8. The number of carbonyl (C=O) groups excluding carboxylic acids is 1. The Morgan fingerprint density at radius 1 is 1.00 bits per heavy atom. The third-order valence-corrected chi connectivity index (χ3v) is 5.97. The molecule has 0 saturated heterocycles. The van der Waals surface area contributed by atoms with Crippen LogP contribution in [0.25, 0.3) is 10.9 Å². The monoisotopic (exact) mass is 502 g/mol. The van der Waals surface area contributed by atoms with E-state index in [1.807, 2.05) is 0 Å². The van der Waals surface area contributed by atoms with Gasteiger partial charge in [0.25, 0.3) is 5.91 Å². The van der Waals surface area contributed by atoms with Crippen molar-refractivity contribution >= 4 is 22.8 Å². The molecule has 2 N–H and O–H groups in total. The van der Waals surface area contributed by atoms with Crippen molar-refractivity contribution in [2.75, 3.05) is 6.54 Å². The minimum Gasteiger partial charge on any atom is -0.508 e. The largest absolute Gasteiger partial charge is 0.508 e. The van der Waals surface area contributed by atoms with Gasteiger partial charge in [-0.25, -0.2) is 0 Å². The standard InChI is InChI=1S/C27H29F3N2O4/c1-26(2,3)32(13-11-24(34)35)25(36)18-6-4-17(5-7-18)22(10-12-27(28,29)30)20-14-19-8-9-21(33)15-23(19)31-16-20/h4-9,14-16,22,33H,10-13H2,1-3H3,(H,34,35)/t22-/m0/s1. The number of phenols is 1. The molecular formula is C27H29F3N2O4. The summed E-state index contributed by atoms with van der Waals surface area (Å²) in [5, 5.41) is 19.4. The number of hydrogen-bond donors (Lipinski definition) is 2. The van der Waals surface area contributed by atoms with Crippen molar-refractivity contribution in [2.24, 2.45) is 0 Å². The smallest absolute Gasteiger partial charge is 0.389 e. The lowest BCUT2D eigenvalue weighted by Gasteiger charge is -2.35. The maximum absolute atomic E-state index is 13.1. The molecule has 1 atom stereocenters. The van der Waals surface area contributed by atoms with Crippen LogP contribution in [-0.2, 0) is 4.79 Å². The number of amides is 1. The molecule has 1 amide bonds. The molecule has 3 rings (SSSR count). The van der Waals surface area contributed by atoms with Gasteiger partial charge in [-0.3, -0.25) is 14.6 Å². The second kappa shape index (κ2) is 10.6. The number of hydrogen-bond acceptors (Lipinski definition) is 4. The third kappa shape index (κ3) is 6.96. The molecule has 36 heavy (non-hydrogen) atoms. The topological polar surface area (TPSA) is 90.7 Å². The van der Waals surface area contributed by atoms with Crippen molar-refractivity contribution in [1.29, 1.82) is 0 Å². The van der Waals surface area contributed by atoms with Gasteiger partial charge in [-0.15, -0.1) is 0 Å². The number of benzene rings is 2. The first-order valence-electron chi connectivity index (χ1n) is 11.5. The number of aromatic nitrogens is 1. The number of fused-ring (bicyclic) bond motifs is 1. The predicted octanol–water partition coefficient (Wildman–Crippen LogP) is 6.13. The molecule has 1 aromatic heterocycles. The molecule has 0 bridgehead atoms. The number of pyridine rings is 1. The minimum absolute atomic E-state index is 0.0337. The summed E-state index contributed by atoms with van der Waals surface area (Å²) in [5.74, 6) is -1.94. The molecule has 0 unspecified atom stereocenters. The van der Waals surface area contributed by atoms with Crippen LogP contribution in [0.15, 0.2) is 54.7 Å². The van der Waals surface area contributed by atoms with Crippen molar-refractivity contribution in [1.82, 2.24) is 9.88 Å². The van der Waals surface area contributed by atoms with Crippen LogP contribution in [0.3, 0.4) is 0 Å². The van der Waals surface area contributed by atoms with Crippen LogP contribution < -0.4 is 0 Å². The summed E-state index contributed by atoms with van der Waals surface area (Å²) in [4.78, 5) is 30.0. The van der Waals surface area contributed by atoms with Gasteiger partial charge in [0.05, 0.1) is 11.9 Å². The molecule has 3 aromatic rings. The van der Waals surface area contributed by atoms with Crippen LogP contribution in [0.2, 0.25) is 0 Å². The fourth-order valence-corrected chi connectivity index (χ4v) is 4.11. The SMILES string of the molecule is CC(C)(C)N(CCC(=O)O)C(=O)c1ccc([C@H](CCC(F)(F)F)c2cnc3cc(O)ccc3c2)cc1. The van der Waals surface area contributed by atoms with Crippen LogP contribution in [0.1, 0.15) is 67.4 Å². The van der Waals surface area contributed by atoms with E-state index in [1.165, 1.54) is 23.2 Å². The van der Waals surface area contributed by atoms with E-state index < -0.39 is 30.0 Å². The molecule has 0 aliphatic heterocycles. The Morgan fingerprint density at radius 3 is 2.25 bits per heavy atom. The molecule has 6 nitrogen and oxygen atoms in total. The molecule has 9 heteroatoms. The van der Waals surface area contributed by atoms with Crippen LogP contribution >= 0.6 is 0 Å². The molecule has 2 aromatic carbocycles. The quantitative estimate of drug-likeness (QED) is 0.387. The molecular weight excluding hydrogens is 473 g/mol. The van der Waals surface area contributed by atoms with Crippen molar-refractivity contribution in [3.63, 3.8) is 0 Å². The Balaban J connectivity index is 1.93. The summed E-state index contributed by atoms with van der Waals surface area (Å²) in [6.45, 7) is 5.45. The number of carbonyl (C=O) groups is 2. The number of alkyl halides is 3. The first-order valence-corrected chi connectivity index (χ1v) is 11.5. The van der Waals surface area contributed by atoms with Gasteiger partial charge in [0.1, 0.15) is 5.75 Å². The Labute approximate surface area is 207 Å². The van der Waals surface area contributed by atoms with E-state index in [2.05, 4.69) is 4.98 Å². The van der Waals surface area contributed by atoms with E-state index in [4.69, 9.17) is 5.11 Å². The van der Waals surface area contributed by atoms with Gasteiger partial charge < -0.3 is 15.1 Å². The maximum atomic E-state index is 13.1. The maximum Gasteiger partial charge on any atom is 0.389 e. The van der Waals surface area contributed by atoms with Gasteiger partial charge in [-0.1, -0.05) is 12.1 Å². The normalized spacial score (nSPS) is 12.9. The van der Waals surface area contributed by atoms with E-state index in [9.17, 15) is 27.9 Å². The van der Waals surface area contributed by atoms with E-state index in [1.54, 1.807) is 57.2 Å². The van der Waals surface area contributed by atoms with Crippen molar-refractivity contribution in [3.05, 3.63) is 71.4 Å². The third-order valence-electron chi connectivity index (χ3n) is 5.97. The molecule has 0 fully saturated rings. The molecule has 0 spiro atoms. The number of carboxylic acid groups (broad SMARTS) is 1. The Morgan fingerprint density at radius 2 is 1.67 bits per heavy atom. The number of carboxylic acids is 1. The van der Waals surface area contributed by atoms with E-state index in [-0.39, 0.29) is 31.0 Å². The van der Waals surface area contributed by atoms with Gasteiger partial charge in [0, 0.05) is 47.6 Å². The number of aromatic hydroxyl groups is 1. The highest BCUT2D eigenvalue weighted by atomic mass is 19.4. The first kappa shape index (κ1) is 27.0. The fourth-order valence-electron chi connectivity index (χ4n) is 4.11. The van der Waals surface area contributed by atoms with Crippen molar-refractivity contribution < 1.29 is 33.0 Å². The Hall–Kier alpha value is -3.62. The zero-order valence-electron chi connectivity index (χ0n) is 20.3. The lowest BCUT2D eigenvalue weighted by molar-refractivity contribution is -0.137. The van der Waals surface area contributed by atoms with Crippen molar-refractivity contribution in [3.8, 4) is 5.75 Å². The number of rotatable bonds is 8. The summed E-state index contributed by atoms with van der Waals surface area (Å²) in [5.41, 5.74) is 1.42. The molecule has 1 heterocycles. The van der Waals surface area contributed by atoms with Crippen LogP contribution in [-0.4, -0.2) is 50.2 Å². The first-order chi connectivity index (χ1) is 16.7. The number of halogens is 3. The second-order valence-corrected chi connectivity index (χ2v) is 9.75. The second-order valence-electron chi connectivity index (χ2n) is 9.75. The number of phenolic OH excluding ortho intramolecular Hbond substituents is 1. The lowest BCUT2D eigenvalue weighted by Crippen LogP contribution is -2.46. The lowest BCUT2D eigenvalue weighted by atomic mass is 9.87. The predicted molar refractivity (Wildman–Crippen MR) is 130 cm³/mol. The van der Waals surface area contributed by atoms with E-state index in [0.29, 0.717) is 27.6 Å². The van der Waals surface area contributed by atoms with Gasteiger partial charge in [0.15, 0.2) is 0 Å². The molecule has 0 saturated carbocycles. The van der Waals surface area contributed by atoms with Gasteiger partial charge in [-0.05, 0) is 68.7 Å². The Kier molecular flexibility index (Phi) is 7.91. The zero-order chi connectivity index (χ0) is 26.7. The summed E-state index contributed by atoms with van der Waals surface area (Å²) < 4.78 is 39.3. The summed E-state index contributed by atoms with van der Waals surface area (Å²) in [7, 11) is 0. The Bertz CT molecular complexity index is 1230. The summed E-state index contributed by atoms with van der Waals surface area (Å²) in [6.07, 6.45) is -4.21. The van der Waals surface area contributed by atoms with Gasteiger partial charge in [-0.2, -0.15) is 13.2 Å². The van der Waals surface area contributed by atoms with Crippen LogP contribution in [0.5, 0.6) is 5.75 Å². The number of aliphatic carboxylic acids is 1. The zero-order valence-corrected chi connectivity index (χ0v) is 20.3. The average molecular weight is 503 g/mol. The van der Waals surface area contributed by atoms with E-state index >= 15 is 0 Å². The highest BCUT2D eigenvalue weighted by Gasteiger charge is 2.30. The molecule has 0 aliphatic rings. The molecule has 192 valence electrons. The highest BCUT2D eigenvalue weighted by molar-refractivity contribution is 5.95. The number of nitrogens with zero attached hydrogens (tertiary/aromatic N) is 2. The fraction of sp³-hybridized carbons (Fsp3) is 0.370. The highest BCUT2D eigenvalue weighted by Crippen LogP contribution is 2.35. The van der Waals surface area contributed by atoms with Crippen LogP contribution in [0.4, 0.5) is 13.2 Å². The van der Waals surface area contributed by atoms with Crippen molar-refractivity contribution in [2.45, 2.75) is 57.7 Å².